The predicted molar refractivity (Wildman–Crippen MR) is 66.4 cm³/mol. The molecule has 2 amide bonds. The molecule has 0 spiro atoms. The van der Waals surface area contributed by atoms with Crippen molar-refractivity contribution < 1.29 is 9.59 Å². The Morgan fingerprint density at radius 3 is 2.00 bits per heavy atom. The van der Waals surface area contributed by atoms with Gasteiger partial charge in [-0.2, -0.15) is 0 Å². The van der Waals surface area contributed by atoms with E-state index in [-0.39, 0.29) is 17.7 Å². The largest absolute Gasteiger partial charge is 0.370 e. The Hall–Kier alpha value is -1.58. The van der Waals surface area contributed by atoms with Crippen molar-refractivity contribution in [1.82, 2.24) is 0 Å². The summed E-state index contributed by atoms with van der Waals surface area (Å²) in [4.78, 5) is 20.7. The highest BCUT2D eigenvalue weighted by Gasteiger charge is 2.06. The normalized spacial score (nSPS) is 10.6. The van der Waals surface area contributed by atoms with Crippen LogP contribution in [-0.2, 0) is 9.59 Å². The molecule has 0 saturated carbocycles. The lowest BCUT2D eigenvalue weighted by Crippen LogP contribution is -2.17. The SMILES string of the molecule is C=CC(=C)C.CC(CCC(N)=O)CC(N)=O. The van der Waals surface area contributed by atoms with Gasteiger partial charge in [-0.05, 0) is 19.3 Å². The number of hydrogen-bond acceptors (Lipinski definition) is 2. The Morgan fingerprint density at radius 2 is 1.75 bits per heavy atom. The Kier molecular flexibility index (Phi) is 10.5. The average Bonchev–Trinajstić information content (AvgIpc) is 2.14. The van der Waals surface area contributed by atoms with Gasteiger partial charge < -0.3 is 11.5 Å². The zero-order valence-electron chi connectivity index (χ0n) is 10.2. The first-order chi connectivity index (χ1) is 7.29. The molecule has 0 radical (unpaired) electrons. The van der Waals surface area contributed by atoms with Gasteiger partial charge in [-0.15, -0.1) is 0 Å². The van der Waals surface area contributed by atoms with E-state index >= 15 is 0 Å². The summed E-state index contributed by atoms with van der Waals surface area (Å²) in [6, 6.07) is 0. The zero-order chi connectivity index (χ0) is 13.1. The van der Waals surface area contributed by atoms with E-state index in [2.05, 4.69) is 13.2 Å². The molecule has 4 N–H and O–H groups in total. The number of amides is 2. The van der Waals surface area contributed by atoms with Gasteiger partial charge >= 0.3 is 0 Å². The maximum absolute atomic E-state index is 10.4. The van der Waals surface area contributed by atoms with Crippen molar-refractivity contribution in [2.45, 2.75) is 33.1 Å². The second-order valence-electron chi connectivity index (χ2n) is 3.83. The van der Waals surface area contributed by atoms with E-state index in [0.717, 1.165) is 5.57 Å². The molecule has 16 heavy (non-hydrogen) atoms. The van der Waals surface area contributed by atoms with Gasteiger partial charge in [0.05, 0.1) is 0 Å². The molecule has 0 aromatic rings. The van der Waals surface area contributed by atoms with Gasteiger partial charge in [0.15, 0.2) is 0 Å². The van der Waals surface area contributed by atoms with E-state index in [4.69, 9.17) is 11.5 Å². The summed E-state index contributed by atoms with van der Waals surface area (Å²) < 4.78 is 0. The predicted octanol–water partition coefficient (Wildman–Crippen LogP) is 1.51. The molecular weight excluding hydrogens is 204 g/mol. The third-order valence-corrected chi connectivity index (χ3v) is 1.78. The molecule has 0 fully saturated rings. The lowest BCUT2D eigenvalue weighted by atomic mass is 10.0. The van der Waals surface area contributed by atoms with Crippen molar-refractivity contribution in [3.63, 3.8) is 0 Å². The third-order valence-electron chi connectivity index (χ3n) is 1.78. The highest BCUT2D eigenvalue weighted by Crippen LogP contribution is 2.08. The molecule has 1 atom stereocenters. The molecule has 0 aliphatic rings. The van der Waals surface area contributed by atoms with Crippen LogP contribution in [0.1, 0.15) is 33.1 Å². The van der Waals surface area contributed by atoms with E-state index in [1.165, 1.54) is 0 Å². The number of nitrogens with two attached hydrogens (primary N) is 2. The summed E-state index contributed by atoms with van der Waals surface area (Å²) in [5, 5.41) is 0. The second-order valence-corrected chi connectivity index (χ2v) is 3.83. The van der Waals surface area contributed by atoms with Gasteiger partial charge in [0.2, 0.25) is 11.8 Å². The molecule has 0 aromatic carbocycles. The maximum atomic E-state index is 10.4. The summed E-state index contributed by atoms with van der Waals surface area (Å²) in [5.74, 6) is -0.511. The van der Waals surface area contributed by atoms with Crippen molar-refractivity contribution in [2.75, 3.05) is 0 Å². The number of carbonyl (C=O) groups excluding carboxylic acids is 2. The summed E-state index contributed by atoms with van der Waals surface area (Å²) in [7, 11) is 0. The molecule has 0 saturated heterocycles. The number of rotatable bonds is 6. The topological polar surface area (TPSA) is 86.2 Å². The zero-order valence-corrected chi connectivity index (χ0v) is 10.2. The fourth-order valence-corrected chi connectivity index (χ4v) is 0.834. The van der Waals surface area contributed by atoms with E-state index in [1.807, 2.05) is 13.8 Å². The minimum Gasteiger partial charge on any atom is -0.370 e. The lowest BCUT2D eigenvalue weighted by Gasteiger charge is -2.05. The average molecular weight is 226 g/mol. The van der Waals surface area contributed by atoms with Gasteiger partial charge in [0.25, 0.3) is 0 Å². The fraction of sp³-hybridized carbons (Fsp3) is 0.500. The van der Waals surface area contributed by atoms with Gasteiger partial charge in [-0.1, -0.05) is 31.7 Å². The number of allylic oxidation sites excluding steroid dienone is 2. The Balaban J connectivity index is 0. The van der Waals surface area contributed by atoms with Gasteiger partial charge in [-0.25, -0.2) is 0 Å². The van der Waals surface area contributed by atoms with Crippen LogP contribution in [0.4, 0.5) is 0 Å². The van der Waals surface area contributed by atoms with Gasteiger partial charge in [0.1, 0.15) is 0 Å². The molecule has 0 aromatic heterocycles. The smallest absolute Gasteiger partial charge is 0.217 e. The van der Waals surface area contributed by atoms with Crippen LogP contribution < -0.4 is 11.5 Å². The van der Waals surface area contributed by atoms with Crippen LogP contribution >= 0.6 is 0 Å². The van der Waals surface area contributed by atoms with Gasteiger partial charge in [-0.3, -0.25) is 9.59 Å². The number of carbonyl (C=O) groups is 2. The summed E-state index contributed by atoms with van der Waals surface area (Å²) in [6.45, 7) is 10.8. The molecule has 0 aliphatic heterocycles. The molecule has 0 heterocycles. The first kappa shape index (κ1) is 16.8. The maximum Gasteiger partial charge on any atom is 0.217 e. The minimum atomic E-state index is -0.332. The summed E-state index contributed by atoms with van der Waals surface area (Å²) >= 11 is 0. The van der Waals surface area contributed by atoms with Crippen molar-refractivity contribution in [3.8, 4) is 0 Å². The van der Waals surface area contributed by atoms with Crippen LogP contribution in [0, 0.1) is 5.92 Å². The molecule has 1 unspecified atom stereocenters. The monoisotopic (exact) mass is 226 g/mol. The van der Waals surface area contributed by atoms with Crippen LogP contribution in [0.15, 0.2) is 24.8 Å². The van der Waals surface area contributed by atoms with Crippen molar-refractivity contribution in [2.24, 2.45) is 17.4 Å². The highest BCUT2D eigenvalue weighted by molar-refractivity contribution is 5.75. The van der Waals surface area contributed by atoms with Gasteiger partial charge in [0, 0.05) is 12.8 Å². The number of hydrogen-bond donors (Lipinski definition) is 2. The molecular formula is C12H22N2O2. The third kappa shape index (κ3) is 18.3. The highest BCUT2D eigenvalue weighted by atomic mass is 16.1. The van der Waals surface area contributed by atoms with E-state index in [0.29, 0.717) is 19.3 Å². The lowest BCUT2D eigenvalue weighted by molar-refractivity contribution is -0.120. The fourth-order valence-electron chi connectivity index (χ4n) is 0.834. The Labute approximate surface area is 97.4 Å². The first-order valence-electron chi connectivity index (χ1n) is 5.14. The Morgan fingerprint density at radius 1 is 1.31 bits per heavy atom. The molecule has 4 heteroatoms. The quantitative estimate of drug-likeness (QED) is 0.672. The van der Waals surface area contributed by atoms with Crippen LogP contribution in [0.5, 0.6) is 0 Å². The number of primary amides is 2. The standard InChI is InChI=1S/C7H14N2O2.C5H8/c1-5(4-7(9)11)2-3-6(8)10;1-4-5(2)3/h5H,2-4H2,1H3,(H2,8,10)(H2,9,11);4H,1-2H2,3H3. The van der Waals surface area contributed by atoms with E-state index in [1.54, 1.807) is 6.08 Å². The van der Waals surface area contributed by atoms with Crippen molar-refractivity contribution in [1.29, 1.82) is 0 Å². The van der Waals surface area contributed by atoms with E-state index < -0.39 is 0 Å². The molecule has 92 valence electrons. The minimum absolute atomic E-state index is 0.153. The molecule has 0 bridgehead atoms. The Bertz CT molecular complexity index is 260. The summed E-state index contributed by atoms with van der Waals surface area (Å²) in [6.07, 6.45) is 3.01. The van der Waals surface area contributed by atoms with Crippen LogP contribution in [0.3, 0.4) is 0 Å². The first-order valence-corrected chi connectivity index (χ1v) is 5.14. The van der Waals surface area contributed by atoms with Crippen molar-refractivity contribution >= 4 is 11.8 Å². The molecule has 0 rings (SSSR count). The second kappa shape index (κ2) is 9.96. The molecule has 0 aliphatic carbocycles. The summed E-state index contributed by atoms with van der Waals surface area (Å²) in [5.41, 5.74) is 10.9. The van der Waals surface area contributed by atoms with Crippen LogP contribution in [-0.4, -0.2) is 11.8 Å². The van der Waals surface area contributed by atoms with E-state index in [9.17, 15) is 9.59 Å². The van der Waals surface area contributed by atoms with Crippen molar-refractivity contribution in [3.05, 3.63) is 24.8 Å². The molecule has 4 nitrogen and oxygen atoms in total. The van der Waals surface area contributed by atoms with Crippen LogP contribution in [0.25, 0.3) is 0 Å². The van der Waals surface area contributed by atoms with Crippen LogP contribution in [0.2, 0.25) is 0 Å².